The molecule has 8 heteroatoms. The summed E-state index contributed by atoms with van der Waals surface area (Å²) in [5, 5.41) is 8.99. The summed E-state index contributed by atoms with van der Waals surface area (Å²) in [7, 11) is -3.54. The Bertz CT molecular complexity index is 932. The number of benzene rings is 1. The standard InChI is InChI=1S/C17H17BrN4O2S/c1-13-2-3-16(15(18)10-13)25(23,24)22-8-6-21(7-9-22)17-11-14(12-19)4-5-20-17/h2-5,10-11H,6-9H2,1H3. The molecule has 0 atom stereocenters. The highest BCUT2D eigenvalue weighted by molar-refractivity contribution is 9.10. The first-order chi connectivity index (χ1) is 11.9. The minimum atomic E-state index is -3.54. The van der Waals surface area contributed by atoms with Gasteiger partial charge in [0, 0.05) is 36.8 Å². The van der Waals surface area contributed by atoms with Crippen molar-refractivity contribution >= 4 is 31.8 Å². The van der Waals surface area contributed by atoms with Crippen molar-refractivity contribution in [3.8, 4) is 6.07 Å². The van der Waals surface area contributed by atoms with Crippen molar-refractivity contribution in [3.05, 3.63) is 52.1 Å². The largest absolute Gasteiger partial charge is 0.354 e. The number of halogens is 1. The minimum absolute atomic E-state index is 0.288. The molecule has 3 rings (SSSR count). The molecule has 1 aromatic carbocycles. The Morgan fingerprint density at radius 2 is 1.88 bits per heavy atom. The lowest BCUT2D eigenvalue weighted by Crippen LogP contribution is -2.49. The monoisotopic (exact) mass is 420 g/mol. The predicted octanol–water partition coefficient (Wildman–Crippen LogP) is 2.54. The van der Waals surface area contributed by atoms with Gasteiger partial charge in [0.15, 0.2) is 0 Å². The first-order valence-electron chi connectivity index (χ1n) is 7.79. The normalized spacial score (nSPS) is 15.8. The highest BCUT2D eigenvalue weighted by Gasteiger charge is 2.30. The Hall–Kier alpha value is -1.95. The van der Waals surface area contributed by atoms with Gasteiger partial charge in [-0.05, 0) is 52.7 Å². The predicted molar refractivity (Wildman–Crippen MR) is 98.8 cm³/mol. The van der Waals surface area contributed by atoms with Gasteiger partial charge in [0.05, 0.1) is 16.5 Å². The number of hydrogen-bond donors (Lipinski definition) is 0. The average Bonchev–Trinajstić information content (AvgIpc) is 2.61. The zero-order valence-corrected chi connectivity index (χ0v) is 16.1. The lowest BCUT2D eigenvalue weighted by Gasteiger charge is -2.34. The van der Waals surface area contributed by atoms with Crippen LogP contribution in [0.5, 0.6) is 0 Å². The second-order valence-electron chi connectivity index (χ2n) is 5.84. The van der Waals surface area contributed by atoms with E-state index in [1.54, 1.807) is 36.5 Å². The molecular weight excluding hydrogens is 404 g/mol. The Morgan fingerprint density at radius 3 is 2.52 bits per heavy atom. The summed E-state index contributed by atoms with van der Waals surface area (Å²) in [5.41, 5.74) is 1.54. The second kappa shape index (κ2) is 7.12. The third-order valence-corrected chi connectivity index (χ3v) is 7.02. The van der Waals surface area contributed by atoms with Crippen molar-refractivity contribution in [1.29, 1.82) is 5.26 Å². The Labute approximate surface area is 155 Å². The van der Waals surface area contributed by atoms with Crippen molar-refractivity contribution in [2.75, 3.05) is 31.1 Å². The molecule has 6 nitrogen and oxygen atoms in total. The molecule has 0 spiro atoms. The van der Waals surface area contributed by atoms with Crippen LogP contribution in [0.15, 0.2) is 45.9 Å². The number of hydrogen-bond acceptors (Lipinski definition) is 5. The molecule has 0 amide bonds. The van der Waals surface area contributed by atoms with Crippen LogP contribution in [0.3, 0.4) is 0 Å². The Balaban J connectivity index is 1.76. The highest BCUT2D eigenvalue weighted by atomic mass is 79.9. The number of nitriles is 1. The summed E-state index contributed by atoms with van der Waals surface area (Å²) in [6.45, 7) is 3.74. The number of piperazine rings is 1. The number of aryl methyl sites for hydroxylation is 1. The van der Waals surface area contributed by atoms with Crippen molar-refractivity contribution in [1.82, 2.24) is 9.29 Å². The van der Waals surface area contributed by atoms with E-state index < -0.39 is 10.0 Å². The van der Waals surface area contributed by atoms with Gasteiger partial charge in [-0.15, -0.1) is 0 Å². The molecule has 0 bridgehead atoms. The summed E-state index contributed by atoms with van der Waals surface area (Å²) < 4.78 is 27.8. The van der Waals surface area contributed by atoms with Crippen molar-refractivity contribution in [2.45, 2.75) is 11.8 Å². The topological polar surface area (TPSA) is 77.3 Å². The fourth-order valence-electron chi connectivity index (χ4n) is 2.77. The number of pyridine rings is 1. The zero-order valence-electron chi connectivity index (χ0n) is 13.7. The van der Waals surface area contributed by atoms with Crippen LogP contribution in [-0.4, -0.2) is 43.9 Å². The van der Waals surface area contributed by atoms with Gasteiger partial charge in [0.25, 0.3) is 0 Å². The summed E-state index contributed by atoms with van der Waals surface area (Å²) in [6, 6.07) is 10.7. The van der Waals surface area contributed by atoms with Gasteiger partial charge in [0.1, 0.15) is 5.82 Å². The van der Waals surface area contributed by atoms with Gasteiger partial charge < -0.3 is 4.90 Å². The van der Waals surface area contributed by atoms with E-state index in [1.165, 1.54) is 4.31 Å². The van der Waals surface area contributed by atoms with Gasteiger partial charge in [0.2, 0.25) is 10.0 Å². The maximum absolute atomic E-state index is 12.9. The summed E-state index contributed by atoms with van der Waals surface area (Å²) in [4.78, 5) is 6.56. The van der Waals surface area contributed by atoms with Crippen molar-refractivity contribution in [3.63, 3.8) is 0 Å². The van der Waals surface area contributed by atoms with Crippen molar-refractivity contribution in [2.24, 2.45) is 0 Å². The Kier molecular flexibility index (Phi) is 5.08. The summed E-state index contributed by atoms with van der Waals surface area (Å²) >= 11 is 3.36. The first-order valence-corrected chi connectivity index (χ1v) is 10.0. The second-order valence-corrected chi connectivity index (χ2v) is 8.60. The number of rotatable bonds is 3. The maximum atomic E-state index is 12.9. The van der Waals surface area contributed by atoms with Crippen LogP contribution in [0, 0.1) is 18.3 Å². The van der Waals surface area contributed by atoms with Gasteiger partial charge in [-0.25, -0.2) is 13.4 Å². The van der Waals surface area contributed by atoms with E-state index in [4.69, 9.17) is 5.26 Å². The molecule has 1 aromatic heterocycles. The van der Waals surface area contributed by atoms with E-state index in [-0.39, 0.29) is 4.90 Å². The zero-order chi connectivity index (χ0) is 18.0. The molecular formula is C17H17BrN4O2S. The van der Waals surface area contributed by atoms with Crippen LogP contribution in [0.1, 0.15) is 11.1 Å². The molecule has 1 aliphatic heterocycles. The lowest BCUT2D eigenvalue weighted by molar-refractivity contribution is 0.383. The molecule has 0 N–H and O–H groups in total. The number of aromatic nitrogens is 1. The molecule has 1 saturated heterocycles. The van der Waals surface area contributed by atoms with Crippen LogP contribution in [0.25, 0.3) is 0 Å². The van der Waals surface area contributed by atoms with Crippen LogP contribution < -0.4 is 4.90 Å². The first kappa shape index (κ1) is 17.9. The molecule has 0 radical (unpaired) electrons. The summed E-state index contributed by atoms with van der Waals surface area (Å²) in [5.74, 6) is 0.701. The van der Waals surface area contributed by atoms with E-state index in [0.29, 0.717) is 42.0 Å². The molecule has 1 fully saturated rings. The third kappa shape index (κ3) is 3.68. The molecule has 0 saturated carbocycles. The van der Waals surface area contributed by atoms with Gasteiger partial charge >= 0.3 is 0 Å². The van der Waals surface area contributed by atoms with E-state index in [2.05, 4.69) is 27.0 Å². The quantitative estimate of drug-likeness (QED) is 0.761. The smallest absolute Gasteiger partial charge is 0.244 e. The molecule has 0 unspecified atom stereocenters. The number of sulfonamides is 1. The molecule has 130 valence electrons. The fourth-order valence-corrected chi connectivity index (χ4v) is 5.35. The number of nitrogens with zero attached hydrogens (tertiary/aromatic N) is 4. The van der Waals surface area contributed by atoms with Crippen LogP contribution >= 0.6 is 15.9 Å². The molecule has 1 aliphatic rings. The fraction of sp³-hybridized carbons (Fsp3) is 0.294. The van der Waals surface area contributed by atoms with Crippen LogP contribution in [-0.2, 0) is 10.0 Å². The molecule has 2 heterocycles. The number of anilines is 1. The van der Waals surface area contributed by atoms with Gasteiger partial charge in [-0.1, -0.05) is 6.07 Å². The molecule has 2 aromatic rings. The third-order valence-electron chi connectivity index (χ3n) is 4.14. The van der Waals surface area contributed by atoms with Crippen LogP contribution in [0.4, 0.5) is 5.82 Å². The minimum Gasteiger partial charge on any atom is -0.354 e. The van der Waals surface area contributed by atoms with E-state index in [9.17, 15) is 8.42 Å². The van der Waals surface area contributed by atoms with E-state index in [0.717, 1.165) is 5.56 Å². The van der Waals surface area contributed by atoms with Crippen molar-refractivity contribution < 1.29 is 8.42 Å². The van der Waals surface area contributed by atoms with Gasteiger partial charge in [-0.2, -0.15) is 9.57 Å². The molecule has 0 aliphatic carbocycles. The Morgan fingerprint density at radius 1 is 1.16 bits per heavy atom. The summed E-state index contributed by atoms with van der Waals surface area (Å²) in [6.07, 6.45) is 1.60. The molecule has 25 heavy (non-hydrogen) atoms. The van der Waals surface area contributed by atoms with E-state index >= 15 is 0 Å². The average molecular weight is 421 g/mol. The van der Waals surface area contributed by atoms with E-state index in [1.807, 2.05) is 11.8 Å². The van der Waals surface area contributed by atoms with Crippen LogP contribution in [0.2, 0.25) is 0 Å². The highest BCUT2D eigenvalue weighted by Crippen LogP contribution is 2.27. The lowest BCUT2D eigenvalue weighted by atomic mass is 10.2. The van der Waals surface area contributed by atoms with Gasteiger partial charge in [-0.3, -0.25) is 0 Å². The maximum Gasteiger partial charge on any atom is 0.244 e. The SMILES string of the molecule is Cc1ccc(S(=O)(=O)N2CCN(c3cc(C#N)ccn3)CC2)c(Br)c1.